The number of rotatable bonds is 12. The molecule has 3 aromatic rings. The molecule has 3 amide bonds. The topological polar surface area (TPSA) is 109 Å². The Hall–Kier alpha value is -4.09. The molecule has 10 nitrogen and oxygen atoms in total. The van der Waals surface area contributed by atoms with E-state index in [4.69, 9.17) is 0 Å². The molecule has 0 bridgehead atoms. The lowest BCUT2D eigenvalue weighted by Gasteiger charge is -2.31. The Bertz CT molecular complexity index is 1320. The van der Waals surface area contributed by atoms with Gasteiger partial charge in [0.25, 0.3) is 0 Å². The highest BCUT2D eigenvalue weighted by atomic mass is 16.2. The molecule has 258 valence electrons. The molecule has 4 rings (SSSR count). The Morgan fingerprint density at radius 3 is 1.06 bits per heavy atom. The number of hydrogen-bond donors (Lipinski definition) is 4. The molecule has 3 aromatic carbocycles. The van der Waals surface area contributed by atoms with E-state index in [2.05, 4.69) is 36.0 Å². The summed E-state index contributed by atoms with van der Waals surface area (Å²) >= 11 is 0. The van der Waals surface area contributed by atoms with Crippen LogP contribution in [0.5, 0.6) is 0 Å². The van der Waals surface area contributed by atoms with Crippen LogP contribution in [0.3, 0.4) is 0 Å². The quantitative estimate of drug-likeness (QED) is 0.238. The summed E-state index contributed by atoms with van der Waals surface area (Å²) in [5.41, 5.74) is 3.18. The van der Waals surface area contributed by atoms with Gasteiger partial charge in [0.2, 0.25) is 17.7 Å². The fourth-order valence-electron chi connectivity index (χ4n) is 5.92. The molecule has 0 aliphatic carbocycles. The Morgan fingerprint density at radius 1 is 0.500 bits per heavy atom. The van der Waals surface area contributed by atoms with Crippen LogP contribution in [0.4, 0.5) is 0 Å². The smallest absolute Gasteiger partial charge is 0.234 e. The summed E-state index contributed by atoms with van der Waals surface area (Å²) in [7, 11) is 0. The molecule has 3 unspecified atom stereocenters. The van der Waals surface area contributed by atoms with Gasteiger partial charge < -0.3 is 21.3 Å². The molecule has 48 heavy (non-hydrogen) atoms. The fraction of sp³-hybridized carbons (Fsp3) is 0.447. The molecule has 1 saturated heterocycles. The van der Waals surface area contributed by atoms with E-state index in [1.807, 2.05) is 112 Å². The van der Waals surface area contributed by atoms with E-state index in [1.165, 1.54) is 0 Å². The second-order valence-corrected chi connectivity index (χ2v) is 12.7. The van der Waals surface area contributed by atoms with Gasteiger partial charge in [0, 0.05) is 52.4 Å². The third-order valence-electron chi connectivity index (χ3n) is 8.81. The summed E-state index contributed by atoms with van der Waals surface area (Å²) in [5, 5.41) is 12.9. The predicted molar refractivity (Wildman–Crippen MR) is 191 cm³/mol. The van der Waals surface area contributed by atoms with Crippen molar-refractivity contribution in [1.29, 1.82) is 0 Å². The summed E-state index contributed by atoms with van der Waals surface area (Å²) < 4.78 is 0. The van der Waals surface area contributed by atoms with Gasteiger partial charge in [-0.1, -0.05) is 91.0 Å². The van der Waals surface area contributed by atoms with Gasteiger partial charge in [0.05, 0.1) is 37.8 Å². The molecule has 0 radical (unpaired) electrons. The van der Waals surface area contributed by atoms with Gasteiger partial charge in [-0.3, -0.25) is 29.1 Å². The molecule has 0 aromatic heterocycles. The highest BCUT2D eigenvalue weighted by Gasteiger charge is 2.21. The predicted octanol–water partition coefficient (Wildman–Crippen LogP) is 3.13. The highest BCUT2D eigenvalue weighted by molar-refractivity contribution is 5.79. The van der Waals surface area contributed by atoms with Crippen molar-refractivity contribution in [1.82, 2.24) is 36.0 Å². The maximum atomic E-state index is 13.3. The Morgan fingerprint density at radius 2 is 0.771 bits per heavy atom. The Kier molecular flexibility index (Phi) is 15.1. The zero-order chi connectivity index (χ0) is 34.1. The van der Waals surface area contributed by atoms with Crippen LogP contribution >= 0.6 is 0 Å². The van der Waals surface area contributed by atoms with Crippen molar-refractivity contribution in [2.45, 2.75) is 38.9 Å². The van der Waals surface area contributed by atoms with Crippen molar-refractivity contribution in [2.75, 3.05) is 72.0 Å². The van der Waals surface area contributed by atoms with Gasteiger partial charge in [0.1, 0.15) is 0 Å². The van der Waals surface area contributed by atoms with Crippen molar-refractivity contribution in [3.8, 4) is 0 Å². The second kappa shape index (κ2) is 19.7. The number of carbonyl (C=O) groups excluding carboxylic acids is 3. The van der Waals surface area contributed by atoms with Crippen molar-refractivity contribution in [3.63, 3.8) is 0 Å². The summed E-state index contributed by atoms with van der Waals surface area (Å²) in [6, 6.07) is 29.6. The van der Waals surface area contributed by atoms with Crippen molar-refractivity contribution in [3.05, 3.63) is 108 Å². The van der Waals surface area contributed by atoms with Crippen LogP contribution in [0.2, 0.25) is 0 Å². The summed E-state index contributed by atoms with van der Waals surface area (Å²) in [6.45, 7) is 12.0. The number of nitrogens with one attached hydrogen (secondary N) is 4. The maximum Gasteiger partial charge on any atom is 0.234 e. The van der Waals surface area contributed by atoms with E-state index in [0.717, 1.165) is 16.7 Å². The lowest BCUT2D eigenvalue weighted by atomic mass is 10.1. The van der Waals surface area contributed by atoms with Crippen LogP contribution in [0, 0.1) is 0 Å². The zero-order valence-corrected chi connectivity index (χ0v) is 28.7. The molecule has 0 saturated carbocycles. The van der Waals surface area contributed by atoms with Gasteiger partial charge in [-0.05, 0) is 37.5 Å². The van der Waals surface area contributed by atoms with Gasteiger partial charge in [0.15, 0.2) is 0 Å². The minimum Gasteiger partial charge on any atom is -0.348 e. The number of nitrogens with zero attached hydrogens (tertiary/aromatic N) is 3. The number of benzene rings is 3. The summed E-state index contributed by atoms with van der Waals surface area (Å²) in [5.74, 6) is -0.107. The van der Waals surface area contributed by atoms with E-state index >= 15 is 0 Å². The summed E-state index contributed by atoms with van der Waals surface area (Å²) in [4.78, 5) is 45.9. The van der Waals surface area contributed by atoms with Crippen LogP contribution in [-0.2, 0) is 14.4 Å². The normalized spacial score (nSPS) is 17.6. The van der Waals surface area contributed by atoms with Crippen LogP contribution in [0.1, 0.15) is 55.6 Å². The molecular formula is C38H53N7O3. The number of hydrogen-bond acceptors (Lipinski definition) is 7. The SMILES string of the molecule is CC(NC(=O)CN1CCNCCN(CC(=O)NC(C)c2ccccc2)CCN(CC(=O)NC(C)c2ccccc2)CC1)c1ccccc1. The first kappa shape index (κ1) is 36.7. The maximum absolute atomic E-state index is 13.3. The van der Waals surface area contributed by atoms with Gasteiger partial charge in [-0.25, -0.2) is 0 Å². The average Bonchev–Trinajstić information content (AvgIpc) is 3.09. The van der Waals surface area contributed by atoms with E-state index in [9.17, 15) is 14.4 Å². The largest absolute Gasteiger partial charge is 0.348 e. The van der Waals surface area contributed by atoms with E-state index < -0.39 is 0 Å². The Balaban J connectivity index is 1.38. The van der Waals surface area contributed by atoms with Crippen molar-refractivity contribution < 1.29 is 14.4 Å². The molecule has 10 heteroatoms. The van der Waals surface area contributed by atoms with E-state index in [0.29, 0.717) is 52.4 Å². The van der Waals surface area contributed by atoms with Gasteiger partial charge in [-0.2, -0.15) is 0 Å². The molecule has 1 aliphatic rings. The van der Waals surface area contributed by atoms with Gasteiger partial charge in [-0.15, -0.1) is 0 Å². The zero-order valence-electron chi connectivity index (χ0n) is 28.7. The molecule has 1 heterocycles. The standard InChI is InChI=1S/C38H53N7O3/c1-30(33-13-7-4-8-14-33)40-36(46)27-43-21-19-39-20-22-44(28-37(47)41-31(2)34-15-9-5-10-16-34)24-26-45(25-23-43)29-38(48)42-32(3)35-17-11-6-12-18-35/h4-18,30-32,39H,19-29H2,1-3H3,(H,40,46)(H,41,47)(H,42,48). The lowest BCUT2D eigenvalue weighted by Crippen LogP contribution is -2.50. The highest BCUT2D eigenvalue weighted by Crippen LogP contribution is 2.13. The van der Waals surface area contributed by atoms with E-state index in [-0.39, 0.29) is 55.5 Å². The van der Waals surface area contributed by atoms with Crippen LogP contribution in [0.15, 0.2) is 91.0 Å². The van der Waals surface area contributed by atoms with Crippen molar-refractivity contribution in [2.24, 2.45) is 0 Å². The van der Waals surface area contributed by atoms with Crippen molar-refractivity contribution >= 4 is 17.7 Å². The molecule has 3 atom stereocenters. The molecule has 1 aliphatic heterocycles. The number of amides is 3. The first-order chi connectivity index (χ1) is 23.3. The Labute approximate surface area is 286 Å². The van der Waals surface area contributed by atoms with Crippen LogP contribution in [-0.4, -0.2) is 104 Å². The van der Waals surface area contributed by atoms with Gasteiger partial charge >= 0.3 is 0 Å². The average molecular weight is 656 g/mol. The minimum atomic E-state index is -0.115. The third kappa shape index (κ3) is 12.8. The number of carbonyl (C=O) groups is 3. The first-order valence-corrected chi connectivity index (χ1v) is 17.2. The lowest BCUT2D eigenvalue weighted by molar-refractivity contribution is -0.125. The fourth-order valence-corrected chi connectivity index (χ4v) is 5.92. The molecule has 0 spiro atoms. The monoisotopic (exact) mass is 655 g/mol. The minimum absolute atomic E-state index is 0.0265. The van der Waals surface area contributed by atoms with Crippen LogP contribution < -0.4 is 21.3 Å². The molecule has 4 N–H and O–H groups in total. The molecular weight excluding hydrogens is 602 g/mol. The molecule has 1 fully saturated rings. The van der Waals surface area contributed by atoms with Crippen LogP contribution in [0.25, 0.3) is 0 Å². The third-order valence-corrected chi connectivity index (χ3v) is 8.81. The first-order valence-electron chi connectivity index (χ1n) is 17.2. The summed E-state index contributed by atoms with van der Waals surface area (Å²) in [6.07, 6.45) is 0. The second-order valence-electron chi connectivity index (χ2n) is 12.7. The van der Waals surface area contributed by atoms with E-state index in [1.54, 1.807) is 0 Å².